The molecular weight excluding hydrogens is 306 g/mol. The van der Waals surface area contributed by atoms with Crippen LogP contribution in [0.2, 0.25) is 0 Å². The second-order valence-electron chi connectivity index (χ2n) is 7.43. The van der Waals surface area contributed by atoms with Crippen molar-refractivity contribution in [2.24, 2.45) is 14.1 Å². The minimum atomic E-state index is 1.10. The highest BCUT2D eigenvalue weighted by atomic mass is 15.1. The van der Waals surface area contributed by atoms with Gasteiger partial charge in [-0.1, -0.05) is 0 Å². The summed E-state index contributed by atoms with van der Waals surface area (Å²) in [6, 6.07) is 2.19. The molecule has 0 aliphatic carbocycles. The Bertz CT molecular complexity index is 1210. The van der Waals surface area contributed by atoms with Gasteiger partial charge in [-0.25, -0.2) is 9.13 Å². The van der Waals surface area contributed by atoms with E-state index in [1.807, 2.05) is 6.20 Å². The van der Waals surface area contributed by atoms with E-state index in [9.17, 15) is 0 Å². The van der Waals surface area contributed by atoms with Gasteiger partial charge in [0.1, 0.15) is 0 Å². The van der Waals surface area contributed by atoms with E-state index in [0.717, 1.165) is 5.69 Å². The monoisotopic (exact) mass is 332 g/mol. The molecule has 0 fully saturated rings. The number of aromatic nitrogens is 3. The Hall–Kier alpha value is -2.42. The van der Waals surface area contributed by atoms with Crippen LogP contribution in [0.25, 0.3) is 32.6 Å². The Morgan fingerprint density at radius 3 is 2.08 bits per heavy atom. The molecule has 0 aliphatic heterocycles. The number of rotatable bonds is 0. The van der Waals surface area contributed by atoms with Gasteiger partial charge in [-0.2, -0.15) is 0 Å². The first-order valence-electron chi connectivity index (χ1n) is 8.89. The summed E-state index contributed by atoms with van der Waals surface area (Å²) in [4.78, 5) is 4.61. The molecule has 25 heavy (non-hydrogen) atoms. The molecule has 3 heteroatoms. The van der Waals surface area contributed by atoms with Crippen LogP contribution in [0.5, 0.6) is 0 Å². The SMILES string of the molecule is Cc1c(C)c(C)c2c(c1C)c1ccnc(C)c1c1c2n(C)c(C)[n+]1C. The van der Waals surface area contributed by atoms with Gasteiger partial charge in [0.25, 0.3) is 5.82 Å². The molecule has 0 spiro atoms. The number of pyridine rings is 1. The predicted molar refractivity (Wildman–Crippen MR) is 105 cm³/mol. The minimum Gasteiger partial charge on any atom is -0.261 e. The molecule has 2 aromatic heterocycles. The van der Waals surface area contributed by atoms with Crippen LogP contribution in [0.3, 0.4) is 0 Å². The van der Waals surface area contributed by atoms with Gasteiger partial charge in [-0.15, -0.1) is 0 Å². The fraction of sp³-hybridized carbons (Fsp3) is 0.364. The number of fused-ring (bicyclic) bond motifs is 6. The summed E-state index contributed by atoms with van der Waals surface area (Å²) in [5, 5.41) is 5.37. The Balaban J connectivity index is 2.57. The number of aryl methyl sites for hydroxylation is 5. The van der Waals surface area contributed by atoms with E-state index >= 15 is 0 Å². The van der Waals surface area contributed by atoms with E-state index in [4.69, 9.17) is 0 Å². The lowest BCUT2D eigenvalue weighted by Crippen LogP contribution is -2.30. The number of hydrogen-bond acceptors (Lipinski definition) is 1. The largest absolute Gasteiger partial charge is 0.261 e. The van der Waals surface area contributed by atoms with Crippen molar-refractivity contribution in [2.75, 3.05) is 0 Å². The van der Waals surface area contributed by atoms with E-state index in [-0.39, 0.29) is 0 Å². The fourth-order valence-corrected chi connectivity index (χ4v) is 4.46. The smallest absolute Gasteiger partial charge is 0.253 e. The summed E-state index contributed by atoms with van der Waals surface area (Å²) in [6.07, 6.45) is 1.95. The van der Waals surface area contributed by atoms with Crippen LogP contribution in [0.4, 0.5) is 0 Å². The molecule has 4 rings (SSSR count). The molecule has 2 aromatic carbocycles. The molecule has 0 N–H and O–H groups in total. The second-order valence-corrected chi connectivity index (χ2v) is 7.43. The van der Waals surface area contributed by atoms with Gasteiger partial charge in [0.2, 0.25) is 0 Å². The second kappa shape index (κ2) is 5.04. The van der Waals surface area contributed by atoms with Gasteiger partial charge in [-0.05, 0) is 73.7 Å². The van der Waals surface area contributed by atoms with Crippen molar-refractivity contribution in [3.63, 3.8) is 0 Å². The Morgan fingerprint density at radius 2 is 1.44 bits per heavy atom. The van der Waals surface area contributed by atoms with Gasteiger partial charge in [0.15, 0.2) is 11.0 Å². The summed E-state index contributed by atoms with van der Waals surface area (Å²) in [5.41, 5.74) is 9.29. The van der Waals surface area contributed by atoms with Crippen molar-refractivity contribution in [2.45, 2.75) is 41.5 Å². The van der Waals surface area contributed by atoms with E-state index in [1.165, 1.54) is 60.7 Å². The van der Waals surface area contributed by atoms with Crippen LogP contribution in [0.15, 0.2) is 12.3 Å². The lowest BCUT2D eigenvalue weighted by atomic mass is 9.87. The highest BCUT2D eigenvalue weighted by Crippen LogP contribution is 2.40. The van der Waals surface area contributed by atoms with Crippen LogP contribution in [-0.2, 0) is 14.1 Å². The van der Waals surface area contributed by atoms with Crippen molar-refractivity contribution >= 4 is 32.6 Å². The zero-order valence-corrected chi connectivity index (χ0v) is 16.5. The molecule has 0 amide bonds. The minimum absolute atomic E-state index is 1.10. The first-order chi connectivity index (χ1) is 11.8. The Kier molecular flexibility index (Phi) is 3.24. The maximum Gasteiger partial charge on any atom is 0.253 e. The summed E-state index contributed by atoms with van der Waals surface area (Å²) < 4.78 is 4.65. The van der Waals surface area contributed by atoms with E-state index in [0.29, 0.717) is 0 Å². The van der Waals surface area contributed by atoms with E-state index < -0.39 is 0 Å². The molecule has 4 aromatic rings. The molecule has 128 valence electrons. The summed E-state index contributed by atoms with van der Waals surface area (Å²) in [7, 11) is 4.34. The summed E-state index contributed by atoms with van der Waals surface area (Å²) in [5.74, 6) is 1.25. The summed E-state index contributed by atoms with van der Waals surface area (Å²) in [6.45, 7) is 13.3. The molecule has 0 saturated heterocycles. The van der Waals surface area contributed by atoms with Gasteiger partial charge in [0.05, 0.1) is 19.5 Å². The highest BCUT2D eigenvalue weighted by Gasteiger charge is 2.26. The lowest BCUT2D eigenvalue weighted by molar-refractivity contribution is -0.651. The van der Waals surface area contributed by atoms with Crippen molar-refractivity contribution in [3.8, 4) is 0 Å². The molecule has 0 unspecified atom stereocenters. The molecule has 0 atom stereocenters. The van der Waals surface area contributed by atoms with Gasteiger partial charge in [-0.3, -0.25) is 4.98 Å². The van der Waals surface area contributed by atoms with Crippen molar-refractivity contribution in [1.29, 1.82) is 0 Å². The average Bonchev–Trinajstić information content (AvgIpc) is 2.81. The van der Waals surface area contributed by atoms with E-state index in [2.05, 4.69) is 75.8 Å². The first kappa shape index (κ1) is 16.1. The molecule has 0 bridgehead atoms. The third-order valence-corrected chi connectivity index (χ3v) is 6.44. The maximum absolute atomic E-state index is 4.61. The van der Waals surface area contributed by atoms with Crippen molar-refractivity contribution < 1.29 is 4.57 Å². The molecular formula is C22H26N3+. The topological polar surface area (TPSA) is 21.7 Å². The van der Waals surface area contributed by atoms with Crippen LogP contribution in [-0.4, -0.2) is 9.55 Å². The maximum atomic E-state index is 4.61. The Morgan fingerprint density at radius 1 is 0.840 bits per heavy atom. The lowest BCUT2D eigenvalue weighted by Gasteiger charge is -2.17. The molecule has 2 heterocycles. The number of nitrogens with zero attached hydrogens (tertiary/aromatic N) is 3. The van der Waals surface area contributed by atoms with Crippen molar-refractivity contribution in [1.82, 2.24) is 9.55 Å². The first-order valence-corrected chi connectivity index (χ1v) is 8.89. The Labute approximate surface area is 148 Å². The number of imidazole rings is 1. The standard InChI is InChI=1S/C22H26N3/c1-11-12(2)14(4)19-18(13(11)3)17-9-10-23-15(5)20(17)22-21(19)24(7)16(6)25(22)8/h9-10H,1-8H3/q+1. The zero-order valence-electron chi connectivity index (χ0n) is 16.5. The quantitative estimate of drug-likeness (QED) is 0.342. The van der Waals surface area contributed by atoms with Crippen LogP contribution in [0, 0.1) is 41.5 Å². The average molecular weight is 332 g/mol. The molecule has 0 aliphatic rings. The van der Waals surface area contributed by atoms with Gasteiger partial charge >= 0.3 is 0 Å². The zero-order chi connectivity index (χ0) is 18.2. The van der Waals surface area contributed by atoms with E-state index in [1.54, 1.807) is 0 Å². The fourth-order valence-electron chi connectivity index (χ4n) is 4.46. The van der Waals surface area contributed by atoms with Crippen molar-refractivity contribution in [3.05, 3.63) is 46.0 Å². The number of benzene rings is 2. The van der Waals surface area contributed by atoms with Crippen LogP contribution >= 0.6 is 0 Å². The summed E-state index contributed by atoms with van der Waals surface area (Å²) >= 11 is 0. The highest BCUT2D eigenvalue weighted by molar-refractivity contribution is 6.25. The number of hydrogen-bond donors (Lipinski definition) is 0. The molecule has 0 radical (unpaired) electrons. The third-order valence-electron chi connectivity index (χ3n) is 6.44. The predicted octanol–water partition coefficient (Wildman–Crippen LogP) is 4.55. The third kappa shape index (κ3) is 1.81. The molecule has 0 saturated carbocycles. The molecule has 3 nitrogen and oxygen atoms in total. The normalized spacial score (nSPS) is 12.0. The van der Waals surface area contributed by atoms with Crippen LogP contribution in [0.1, 0.15) is 33.8 Å². The van der Waals surface area contributed by atoms with Gasteiger partial charge in [0, 0.05) is 24.2 Å². The van der Waals surface area contributed by atoms with Crippen LogP contribution < -0.4 is 4.57 Å². The van der Waals surface area contributed by atoms with Gasteiger partial charge < -0.3 is 0 Å².